The van der Waals surface area contributed by atoms with Crippen molar-refractivity contribution in [2.24, 2.45) is 0 Å². The highest BCUT2D eigenvalue weighted by molar-refractivity contribution is 7.92. The Morgan fingerprint density at radius 3 is 1.24 bits per heavy atom. The van der Waals surface area contributed by atoms with E-state index in [-0.39, 0.29) is 19.6 Å². The molecule has 3 aromatic rings. The third-order valence-electron chi connectivity index (χ3n) is 3.59. The lowest BCUT2D eigenvalue weighted by molar-refractivity contribution is 0.470. The molecule has 0 unspecified atom stereocenters. The predicted molar refractivity (Wildman–Crippen MR) is 91.9 cm³/mol. The first-order valence-electron chi connectivity index (χ1n) is 7.26. The highest BCUT2D eigenvalue weighted by atomic mass is 32.2. The largest absolute Gasteiger partial charge is 0.508 e. The van der Waals surface area contributed by atoms with E-state index in [4.69, 9.17) is 0 Å². The molecule has 0 fully saturated rings. The summed E-state index contributed by atoms with van der Waals surface area (Å²) in [6, 6.07) is 18.4. The predicted octanol–water partition coefficient (Wildman–Crippen LogP) is 3.06. The van der Waals surface area contributed by atoms with Gasteiger partial charge in [0.1, 0.15) is 5.75 Å². The fourth-order valence-corrected chi connectivity index (χ4v) is 5.10. The molecule has 0 radical (unpaired) electrons. The first kappa shape index (κ1) is 17.2. The number of benzene rings is 3. The summed E-state index contributed by atoms with van der Waals surface area (Å²) >= 11 is 0. The summed E-state index contributed by atoms with van der Waals surface area (Å²) in [6.45, 7) is 0. The van der Waals surface area contributed by atoms with Gasteiger partial charge in [-0.1, -0.05) is 36.4 Å². The molecule has 0 amide bonds. The number of rotatable bonds is 4. The van der Waals surface area contributed by atoms with Gasteiger partial charge in [0.25, 0.3) is 0 Å². The van der Waals surface area contributed by atoms with E-state index in [1.54, 1.807) is 36.4 Å². The molecule has 3 aromatic carbocycles. The number of phenols is 1. The average Bonchev–Trinajstić information content (AvgIpc) is 2.62. The first-order valence-corrected chi connectivity index (χ1v) is 10.2. The summed E-state index contributed by atoms with van der Waals surface area (Å²) in [5.41, 5.74) is 0. The minimum atomic E-state index is -3.95. The summed E-state index contributed by atoms with van der Waals surface area (Å²) < 4.78 is 50.8. The molecule has 0 spiro atoms. The van der Waals surface area contributed by atoms with Crippen molar-refractivity contribution in [3.8, 4) is 5.75 Å². The molecule has 3 rings (SSSR count). The Morgan fingerprint density at radius 2 is 0.880 bits per heavy atom. The van der Waals surface area contributed by atoms with Gasteiger partial charge in [0.15, 0.2) is 0 Å². The van der Waals surface area contributed by atoms with Crippen LogP contribution < -0.4 is 0 Å². The molecule has 0 aromatic heterocycles. The minimum Gasteiger partial charge on any atom is -0.508 e. The van der Waals surface area contributed by atoms with E-state index in [1.165, 1.54) is 24.3 Å². The average molecular weight is 374 g/mol. The van der Waals surface area contributed by atoms with Crippen molar-refractivity contribution in [3.05, 3.63) is 78.9 Å². The third-order valence-corrected chi connectivity index (χ3v) is 7.09. The van der Waals surface area contributed by atoms with Gasteiger partial charge >= 0.3 is 0 Å². The second kappa shape index (κ2) is 6.34. The molecular formula is C18H14O5S2. The van der Waals surface area contributed by atoms with E-state index < -0.39 is 25.4 Å². The zero-order chi connectivity index (χ0) is 18.1. The molecule has 0 aliphatic carbocycles. The van der Waals surface area contributed by atoms with Crippen molar-refractivity contribution in [2.75, 3.05) is 0 Å². The SMILES string of the molecule is O=S(=O)(c1ccccc1)c1cc(O)cc(S(=O)(=O)c2ccccc2)c1. The van der Waals surface area contributed by atoms with Crippen molar-refractivity contribution >= 4 is 19.7 Å². The van der Waals surface area contributed by atoms with Crippen LogP contribution in [0.2, 0.25) is 0 Å². The van der Waals surface area contributed by atoms with E-state index in [0.29, 0.717) is 0 Å². The number of hydrogen-bond acceptors (Lipinski definition) is 5. The van der Waals surface area contributed by atoms with Crippen molar-refractivity contribution in [1.29, 1.82) is 0 Å². The maximum atomic E-state index is 12.7. The summed E-state index contributed by atoms with van der Waals surface area (Å²) in [5.74, 6) is -0.438. The fraction of sp³-hybridized carbons (Fsp3) is 0. The lowest BCUT2D eigenvalue weighted by Gasteiger charge is -2.09. The molecule has 0 aliphatic rings. The van der Waals surface area contributed by atoms with Gasteiger partial charge in [-0.2, -0.15) is 0 Å². The topological polar surface area (TPSA) is 88.5 Å². The highest BCUT2D eigenvalue weighted by Gasteiger charge is 2.24. The molecule has 7 heteroatoms. The van der Waals surface area contributed by atoms with Crippen molar-refractivity contribution in [3.63, 3.8) is 0 Å². The van der Waals surface area contributed by atoms with E-state index in [2.05, 4.69) is 0 Å². The Hall–Kier alpha value is -2.64. The third kappa shape index (κ3) is 3.29. The van der Waals surface area contributed by atoms with Gasteiger partial charge in [-0.25, -0.2) is 16.8 Å². The maximum Gasteiger partial charge on any atom is 0.206 e. The van der Waals surface area contributed by atoms with Gasteiger partial charge in [0, 0.05) is 0 Å². The standard InChI is InChI=1S/C18H14O5S2/c19-14-11-17(24(20,21)15-7-3-1-4-8-15)13-18(12-14)25(22,23)16-9-5-2-6-10-16/h1-13,19H. The van der Waals surface area contributed by atoms with Crippen molar-refractivity contribution in [1.82, 2.24) is 0 Å². The fourth-order valence-electron chi connectivity index (χ4n) is 2.34. The summed E-state index contributed by atoms with van der Waals surface area (Å²) in [4.78, 5) is -0.534. The maximum absolute atomic E-state index is 12.7. The molecule has 0 saturated carbocycles. The number of hydrogen-bond donors (Lipinski definition) is 1. The van der Waals surface area contributed by atoms with Gasteiger partial charge in [0.05, 0.1) is 19.6 Å². The van der Waals surface area contributed by atoms with Crippen molar-refractivity contribution in [2.45, 2.75) is 19.6 Å². The Morgan fingerprint density at radius 1 is 0.520 bits per heavy atom. The first-order chi connectivity index (χ1) is 11.8. The zero-order valence-corrected chi connectivity index (χ0v) is 14.5. The Balaban J connectivity index is 2.18. The van der Waals surface area contributed by atoms with Crippen molar-refractivity contribution < 1.29 is 21.9 Å². The van der Waals surface area contributed by atoms with Crippen LogP contribution in [-0.2, 0) is 19.7 Å². The molecule has 0 atom stereocenters. The molecule has 0 aliphatic heterocycles. The molecule has 5 nitrogen and oxygen atoms in total. The van der Waals surface area contributed by atoms with Crippen LogP contribution in [0, 0.1) is 0 Å². The summed E-state index contributed by atoms with van der Waals surface area (Å²) in [6.07, 6.45) is 0. The van der Waals surface area contributed by atoms with Crippen LogP contribution in [0.1, 0.15) is 0 Å². The van der Waals surface area contributed by atoms with E-state index in [1.807, 2.05) is 0 Å². The normalized spacial score (nSPS) is 12.0. The van der Waals surface area contributed by atoms with Gasteiger partial charge in [-0.3, -0.25) is 0 Å². The zero-order valence-electron chi connectivity index (χ0n) is 12.9. The van der Waals surface area contributed by atoms with Crippen LogP contribution in [0.15, 0.2) is 98.4 Å². The van der Waals surface area contributed by atoms with Crippen LogP contribution in [0.5, 0.6) is 5.75 Å². The van der Waals surface area contributed by atoms with Gasteiger partial charge in [-0.15, -0.1) is 0 Å². The van der Waals surface area contributed by atoms with E-state index in [0.717, 1.165) is 18.2 Å². The second-order valence-corrected chi connectivity index (χ2v) is 9.19. The second-order valence-electron chi connectivity index (χ2n) is 5.30. The van der Waals surface area contributed by atoms with Gasteiger partial charge in [-0.05, 0) is 42.5 Å². The lowest BCUT2D eigenvalue weighted by atomic mass is 10.3. The van der Waals surface area contributed by atoms with Crippen LogP contribution in [0.4, 0.5) is 0 Å². The minimum absolute atomic E-state index is 0.0173. The number of sulfone groups is 2. The highest BCUT2D eigenvalue weighted by Crippen LogP contribution is 2.30. The lowest BCUT2D eigenvalue weighted by Crippen LogP contribution is -2.06. The summed E-state index contributed by atoms with van der Waals surface area (Å²) in [7, 11) is -7.90. The Labute approximate surface area is 146 Å². The van der Waals surface area contributed by atoms with Crippen LogP contribution in [0.25, 0.3) is 0 Å². The molecule has 0 saturated heterocycles. The summed E-state index contributed by atoms with van der Waals surface area (Å²) in [5, 5.41) is 9.89. The Bertz CT molecular complexity index is 1020. The monoisotopic (exact) mass is 374 g/mol. The molecular weight excluding hydrogens is 360 g/mol. The molecule has 25 heavy (non-hydrogen) atoms. The van der Waals surface area contributed by atoms with Crippen LogP contribution in [-0.4, -0.2) is 21.9 Å². The van der Waals surface area contributed by atoms with Crippen LogP contribution >= 0.6 is 0 Å². The van der Waals surface area contributed by atoms with Crippen LogP contribution in [0.3, 0.4) is 0 Å². The molecule has 128 valence electrons. The number of aromatic hydroxyl groups is 1. The van der Waals surface area contributed by atoms with E-state index in [9.17, 15) is 21.9 Å². The van der Waals surface area contributed by atoms with E-state index >= 15 is 0 Å². The molecule has 0 heterocycles. The Kier molecular flexibility index (Phi) is 4.36. The van der Waals surface area contributed by atoms with Gasteiger partial charge < -0.3 is 5.11 Å². The molecule has 0 bridgehead atoms. The molecule has 1 N–H and O–H groups in total. The quantitative estimate of drug-likeness (QED) is 0.758. The van der Waals surface area contributed by atoms with Gasteiger partial charge in [0.2, 0.25) is 19.7 Å². The smallest absolute Gasteiger partial charge is 0.206 e. The number of phenolic OH excluding ortho intramolecular Hbond substituents is 1.